The average Bonchev–Trinajstić information content (AvgIpc) is 2.58. The summed E-state index contributed by atoms with van der Waals surface area (Å²) in [6, 6.07) is 16.1. The zero-order valence-corrected chi connectivity index (χ0v) is 14.7. The molecule has 2 aromatic carbocycles. The maximum atomic E-state index is 5.83. The quantitative estimate of drug-likeness (QED) is 0.656. The molecule has 0 atom stereocenters. The van der Waals surface area contributed by atoms with Gasteiger partial charge in [0.2, 0.25) is 0 Å². The van der Waals surface area contributed by atoms with Gasteiger partial charge in [-0.25, -0.2) is 5.43 Å². The number of nitrogens with zero attached hydrogens (tertiary/aromatic N) is 1. The van der Waals surface area contributed by atoms with Crippen molar-refractivity contribution in [1.82, 2.24) is 10.3 Å². The van der Waals surface area contributed by atoms with E-state index in [4.69, 9.17) is 9.47 Å². The molecule has 0 saturated carbocycles. The summed E-state index contributed by atoms with van der Waals surface area (Å²) >= 11 is 0. The van der Waals surface area contributed by atoms with Crippen LogP contribution >= 0.6 is 0 Å². The second kappa shape index (κ2) is 9.80. The molecule has 5 heteroatoms. The van der Waals surface area contributed by atoms with Crippen LogP contribution in [-0.2, 0) is 6.54 Å². The Morgan fingerprint density at radius 3 is 2.46 bits per heavy atom. The second-order valence-corrected chi connectivity index (χ2v) is 5.71. The predicted molar refractivity (Wildman–Crippen MR) is 98.6 cm³/mol. The molecular weight excluding hydrogens is 302 g/mol. The molecule has 130 valence electrons. The Morgan fingerprint density at radius 1 is 0.958 bits per heavy atom. The third-order valence-corrected chi connectivity index (χ3v) is 3.40. The topological polar surface area (TPSA) is 45.8 Å². The van der Waals surface area contributed by atoms with Crippen molar-refractivity contribution >= 4 is 5.69 Å². The number of para-hydroxylation sites is 1. The van der Waals surface area contributed by atoms with Crippen LogP contribution in [-0.4, -0.2) is 38.8 Å². The van der Waals surface area contributed by atoms with Gasteiger partial charge in [0.15, 0.2) is 11.5 Å². The summed E-state index contributed by atoms with van der Waals surface area (Å²) in [4.78, 5) is 2.09. The van der Waals surface area contributed by atoms with E-state index in [1.807, 2.05) is 69.6 Å². The first-order valence-electron chi connectivity index (χ1n) is 8.26. The number of likely N-dealkylation sites (N-methyl/N-ethyl adjacent to an activating group) is 1. The van der Waals surface area contributed by atoms with E-state index in [2.05, 4.69) is 15.8 Å². The molecule has 2 aromatic rings. The molecule has 24 heavy (non-hydrogen) atoms. The normalized spacial score (nSPS) is 10.7. The monoisotopic (exact) mass is 329 g/mol. The van der Waals surface area contributed by atoms with E-state index >= 15 is 0 Å². The van der Waals surface area contributed by atoms with Gasteiger partial charge in [-0.05, 0) is 50.8 Å². The second-order valence-electron chi connectivity index (χ2n) is 5.71. The number of benzene rings is 2. The van der Waals surface area contributed by atoms with Crippen molar-refractivity contribution in [3.8, 4) is 11.5 Å². The lowest BCUT2D eigenvalue weighted by atomic mass is 10.2. The van der Waals surface area contributed by atoms with Crippen molar-refractivity contribution < 1.29 is 9.47 Å². The SMILES string of the molecule is CCOc1cc(CNNc2ccccc2)ccc1OCCN(C)C. The van der Waals surface area contributed by atoms with Gasteiger partial charge < -0.3 is 19.8 Å². The fraction of sp³-hybridized carbons (Fsp3) is 0.368. The molecule has 2 N–H and O–H groups in total. The first kappa shape index (κ1) is 18.1. The molecule has 0 spiro atoms. The molecule has 5 nitrogen and oxygen atoms in total. The van der Waals surface area contributed by atoms with Crippen LogP contribution in [0.1, 0.15) is 12.5 Å². The van der Waals surface area contributed by atoms with Crippen LogP contribution in [0, 0.1) is 0 Å². The van der Waals surface area contributed by atoms with Crippen molar-refractivity contribution in [2.75, 3.05) is 39.3 Å². The summed E-state index contributed by atoms with van der Waals surface area (Å²) in [5.74, 6) is 1.58. The molecule has 0 aromatic heterocycles. The van der Waals surface area contributed by atoms with Gasteiger partial charge in [0.1, 0.15) is 6.61 Å². The molecule has 0 fully saturated rings. The van der Waals surface area contributed by atoms with Gasteiger partial charge in [0.25, 0.3) is 0 Å². The number of hydrazine groups is 1. The van der Waals surface area contributed by atoms with Gasteiger partial charge in [-0.2, -0.15) is 0 Å². The average molecular weight is 329 g/mol. The van der Waals surface area contributed by atoms with Crippen LogP contribution in [0.3, 0.4) is 0 Å². The van der Waals surface area contributed by atoms with E-state index in [-0.39, 0.29) is 0 Å². The van der Waals surface area contributed by atoms with Gasteiger partial charge >= 0.3 is 0 Å². The first-order chi connectivity index (χ1) is 11.7. The summed E-state index contributed by atoms with van der Waals surface area (Å²) < 4.78 is 11.5. The zero-order chi connectivity index (χ0) is 17.2. The molecule has 0 amide bonds. The van der Waals surface area contributed by atoms with Crippen LogP contribution in [0.15, 0.2) is 48.5 Å². The lowest BCUT2D eigenvalue weighted by molar-refractivity contribution is 0.244. The van der Waals surface area contributed by atoms with Crippen molar-refractivity contribution in [2.24, 2.45) is 0 Å². The van der Waals surface area contributed by atoms with Crippen LogP contribution in [0.2, 0.25) is 0 Å². The Bertz CT molecular complexity index is 603. The van der Waals surface area contributed by atoms with Crippen molar-refractivity contribution in [1.29, 1.82) is 0 Å². The summed E-state index contributed by atoms with van der Waals surface area (Å²) in [7, 11) is 4.06. The van der Waals surface area contributed by atoms with Gasteiger partial charge in [0.05, 0.1) is 6.61 Å². The van der Waals surface area contributed by atoms with E-state index in [1.165, 1.54) is 0 Å². The Morgan fingerprint density at radius 2 is 1.75 bits per heavy atom. The summed E-state index contributed by atoms with van der Waals surface area (Å²) in [5, 5.41) is 0. The summed E-state index contributed by atoms with van der Waals surface area (Å²) in [6.07, 6.45) is 0. The van der Waals surface area contributed by atoms with E-state index in [9.17, 15) is 0 Å². The highest BCUT2D eigenvalue weighted by atomic mass is 16.5. The Balaban J connectivity index is 1.91. The lowest BCUT2D eigenvalue weighted by Crippen LogP contribution is -2.21. The minimum absolute atomic E-state index is 0.614. The van der Waals surface area contributed by atoms with E-state index in [0.29, 0.717) is 19.8 Å². The maximum Gasteiger partial charge on any atom is 0.161 e. The van der Waals surface area contributed by atoms with Gasteiger partial charge in [0, 0.05) is 18.8 Å². The molecule has 2 rings (SSSR count). The largest absolute Gasteiger partial charge is 0.490 e. The van der Waals surface area contributed by atoms with E-state index in [0.717, 1.165) is 29.3 Å². The van der Waals surface area contributed by atoms with E-state index in [1.54, 1.807) is 0 Å². The van der Waals surface area contributed by atoms with Crippen LogP contribution in [0.25, 0.3) is 0 Å². The van der Waals surface area contributed by atoms with Crippen molar-refractivity contribution in [3.05, 3.63) is 54.1 Å². The number of hydrogen-bond donors (Lipinski definition) is 2. The molecule has 0 saturated heterocycles. The Labute approximate surface area is 144 Å². The molecule has 0 aliphatic heterocycles. The lowest BCUT2D eigenvalue weighted by Gasteiger charge is -2.15. The Kier molecular flexibility index (Phi) is 7.39. The smallest absolute Gasteiger partial charge is 0.161 e. The van der Waals surface area contributed by atoms with Crippen LogP contribution in [0.4, 0.5) is 5.69 Å². The maximum absolute atomic E-state index is 5.83. The fourth-order valence-corrected chi connectivity index (χ4v) is 2.16. The molecule has 0 aliphatic rings. The number of anilines is 1. The molecule has 0 unspecified atom stereocenters. The zero-order valence-electron chi connectivity index (χ0n) is 14.7. The number of nitrogens with one attached hydrogen (secondary N) is 2. The number of rotatable bonds is 10. The molecule has 0 bridgehead atoms. The molecule has 0 aliphatic carbocycles. The van der Waals surface area contributed by atoms with Gasteiger partial charge in [-0.1, -0.05) is 24.3 Å². The molecule has 0 heterocycles. The third kappa shape index (κ3) is 6.10. The van der Waals surface area contributed by atoms with Crippen LogP contribution in [0.5, 0.6) is 11.5 Å². The number of ether oxygens (including phenoxy) is 2. The summed E-state index contributed by atoms with van der Waals surface area (Å²) in [5.41, 5.74) is 8.55. The first-order valence-corrected chi connectivity index (χ1v) is 8.26. The minimum atomic E-state index is 0.614. The standard InChI is InChI=1S/C19H27N3O2/c1-4-23-19-14-16(10-11-18(19)24-13-12-22(2)3)15-20-21-17-8-6-5-7-9-17/h5-11,14,20-21H,4,12-13,15H2,1-3H3. The van der Waals surface area contributed by atoms with Crippen molar-refractivity contribution in [3.63, 3.8) is 0 Å². The minimum Gasteiger partial charge on any atom is -0.490 e. The number of hydrogen-bond acceptors (Lipinski definition) is 5. The highest BCUT2D eigenvalue weighted by Gasteiger charge is 2.07. The fourth-order valence-electron chi connectivity index (χ4n) is 2.16. The third-order valence-electron chi connectivity index (χ3n) is 3.40. The summed E-state index contributed by atoms with van der Waals surface area (Å²) in [6.45, 7) is 4.79. The van der Waals surface area contributed by atoms with Gasteiger partial charge in [-0.3, -0.25) is 0 Å². The highest BCUT2D eigenvalue weighted by Crippen LogP contribution is 2.28. The Hall–Kier alpha value is -2.24. The van der Waals surface area contributed by atoms with Crippen LogP contribution < -0.4 is 20.3 Å². The van der Waals surface area contributed by atoms with Gasteiger partial charge in [-0.15, -0.1) is 0 Å². The predicted octanol–water partition coefficient (Wildman–Crippen LogP) is 3.14. The molecular formula is C19H27N3O2. The van der Waals surface area contributed by atoms with Crippen molar-refractivity contribution in [2.45, 2.75) is 13.5 Å². The van der Waals surface area contributed by atoms with E-state index < -0.39 is 0 Å². The molecule has 0 radical (unpaired) electrons. The highest BCUT2D eigenvalue weighted by molar-refractivity contribution is 5.44.